The topological polar surface area (TPSA) is 0 Å². The van der Waals surface area contributed by atoms with Gasteiger partial charge < -0.3 is 0 Å². The second-order valence-corrected chi connectivity index (χ2v) is 10.5. The first-order chi connectivity index (χ1) is 10.8. The summed E-state index contributed by atoms with van der Waals surface area (Å²) in [6, 6.07) is 4.79. The third kappa shape index (κ3) is 8.41. The van der Waals surface area contributed by atoms with Crippen LogP contribution in [0.4, 0.5) is 0 Å². The number of hydrogen-bond donors (Lipinski definition) is 4. The van der Waals surface area contributed by atoms with Gasteiger partial charge in [0, 0.05) is 23.0 Å². The minimum Gasteiger partial charge on any atom is -0.111 e. The second-order valence-electron chi connectivity index (χ2n) is 4.73. The van der Waals surface area contributed by atoms with Gasteiger partial charge in [0.25, 0.3) is 0 Å². The van der Waals surface area contributed by atoms with Crippen LogP contribution in [0, 0.1) is 0 Å². The SMILES string of the molecule is SSCCc1cc(CCSS)c(CCSS)c(CCSS)c1. The lowest BCUT2D eigenvalue weighted by molar-refractivity contribution is 0.979. The van der Waals surface area contributed by atoms with Gasteiger partial charge in [0.05, 0.1) is 0 Å². The Kier molecular flexibility index (Phi) is 14.3. The van der Waals surface area contributed by atoms with Crippen molar-refractivity contribution in [3.05, 3.63) is 34.4 Å². The molecule has 0 aliphatic heterocycles. The van der Waals surface area contributed by atoms with Crippen molar-refractivity contribution in [2.24, 2.45) is 0 Å². The minimum atomic E-state index is 1.05. The Morgan fingerprint density at radius 3 is 1.45 bits per heavy atom. The number of thiol groups is 4. The van der Waals surface area contributed by atoms with Crippen LogP contribution >= 0.6 is 89.8 Å². The number of hydrogen-bond acceptors (Lipinski definition) is 8. The summed E-state index contributed by atoms with van der Waals surface area (Å²) in [6.45, 7) is 0. The van der Waals surface area contributed by atoms with E-state index in [9.17, 15) is 0 Å². The molecule has 1 aromatic carbocycles. The van der Waals surface area contributed by atoms with E-state index in [0.717, 1.165) is 48.7 Å². The maximum absolute atomic E-state index is 4.30. The lowest BCUT2D eigenvalue weighted by atomic mass is 9.92. The fraction of sp³-hybridized carbons (Fsp3) is 0.571. The number of aryl methyl sites for hydroxylation is 3. The van der Waals surface area contributed by atoms with Crippen LogP contribution in [0.15, 0.2) is 12.1 Å². The standard InChI is InChI=1S/C14H22S8/c15-19-5-1-11-9-12(2-6-20-16)14(4-8-22-18)13(10-11)3-7-21-17/h9-10,15-18H,1-8H2. The van der Waals surface area contributed by atoms with Crippen LogP contribution in [-0.2, 0) is 25.7 Å². The zero-order valence-electron chi connectivity index (χ0n) is 12.2. The first-order valence-electron chi connectivity index (χ1n) is 6.95. The van der Waals surface area contributed by atoms with E-state index in [0.29, 0.717) is 0 Å². The van der Waals surface area contributed by atoms with Gasteiger partial charge in [-0.2, -0.15) is 0 Å². The molecule has 0 aromatic heterocycles. The summed E-state index contributed by atoms with van der Waals surface area (Å²) < 4.78 is 0. The van der Waals surface area contributed by atoms with E-state index >= 15 is 0 Å². The van der Waals surface area contributed by atoms with Gasteiger partial charge in [-0.3, -0.25) is 0 Å². The molecule has 0 amide bonds. The molecule has 0 bridgehead atoms. The van der Waals surface area contributed by atoms with Crippen molar-refractivity contribution in [3.63, 3.8) is 0 Å². The number of benzene rings is 1. The average Bonchev–Trinajstić information content (AvgIpc) is 2.54. The van der Waals surface area contributed by atoms with Gasteiger partial charge in [-0.05, 0) is 47.9 Å². The summed E-state index contributed by atoms with van der Waals surface area (Å²) in [5, 5.41) is 0. The summed E-state index contributed by atoms with van der Waals surface area (Å²) in [4.78, 5) is 0. The molecule has 0 atom stereocenters. The molecule has 0 unspecified atom stereocenters. The average molecular weight is 447 g/mol. The van der Waals surface area contributed by atoms with Crippen molar-refractivity contribution in [2.75, 3.05) is 23.0 Å². The van der Waals surface area contributed by atoms with Crippen molar-refractivity contribution in [3.8, 4) is 0 Å². The summed E-state index contributed by atoms with van der Waals surface area (Å²) in [7, 11) is 6.47. The highest BCUT2D eigenvalue weighted by atomic mass is 33.1. The van der Waals surface area contributed by atoms with Crippen LogP contribution in [0.5, 0.6) is 0 Å². The van der Waals surface area contributed by atoms with E-state index in [1.54, 1.807) is 43.2 Å². The summed E-state index contributed by atoms with van der Waals surface area (Å²) >= 11 is 17.1. The monoisotopic (exact) mass is 446 g/mol. The lowest BCUT2D eigenvalue weighted by Gasteiger charge is -2.17. The van der Waals surface area contributed by atoms with Crippen LogP contribution < -0.4 is 0 Å². The lowest BCUT2D eigenvalue weighted by Crippen LogP contribution is -2.06. The largest absolute Gasteiger partial charge is 0.111 e. The van der Waals surface area contributed by atoms with Crippen molar-refractivity contribution >= 4 is 89.8 Å². The first-order valence-corrected chi connectivity index (χ1v) is 15.1. The van der Waals surface area contributed by atoms with E-state index < -0.39 is 0 Å². The predicted molar refractivity (Wildman–Crippen MR) is 127 cm³/mol. The fourth-order valence-electron chi connectivity index (χ4n) is 2.40. The Morgan fingerprint density at radius 1 is 0.591 bits per heavy atom. The van der Waals surface area contributed by atoms with Gasteiger partial charge in [-0.1, -0.05) is 55.3 Å². The van der Waals surface area contributed by atoms with Crippen LogP contribution in [0.2, 0.25) is 0 Å². The zero-order valence-corrected chi connectivity index (χ0v) is 19.1. The quantitative estimate of drug-likeness (QED) is 0.224. The van der Waals surface area contributed by atoms with Crippen LogP contribution in [0.1, 0.15) is 22.3 Å². The molecule has 0 aliphatic rings. The van der Waals surface area contributed by atoms with Gasteiger partial charge in [0.1, 0.15) is 0 Å². The molecule has 0 saturated heterocycles. The Balaban J connectivity index is 3.07. The van der Waals surface area contributed by atoms with Gasteiger partial charge in [0.2, 0.25) is 0 Å². The molecule has 22 heavy (non-hydrogen) atoms. The molecule has 0 N–H and O–H groups in total. The molecular formula is C14H22S8. The molecule has 0 radical (unpaired) electrons. The molecule has 0 nitrogen and oxygen atoms in total. The van der Waals surface area contributed by atoms with E-state index in [2.05, 4.69) is 58.8 Å². The highest BCUT2D eigenvalue weighted by Crippen LogP contribution is 2.26. The second kappa shape index (κ2) is 14.2. The molecule has 8 heteroatoms. The summed E-state index contributed by atoms with van der Waals surface area (Å²) in [5.41, 5.74) is 5.94. The van der Waals surface area contributed by atoms with E-state index in [-0.39, 0.29) is 0 Å². The Labute approximate surface area is 171 Å². The maximum atomic E-state index is 4.30. The first kappa shape index (κ1) is 22.1. The third-order valence-corrected chi connectivity index (χ3v) is 7.08. The maximum Gasteiger partial charge on any atom is 0.00752 e. The van der Waals surface area contributed by atoms with E-state index in [4.69, 9.17) is 0 Å². The van der Waals surface area contributed by atoms with Crippen LogP contribution in [0.3, 0.4) is 0 Å². The molecule has 0 fully saturated rings. The van der Waals surface area contributed by atoms with Gasteiger partial charge in [-0.15, -0.1) is 46.6 Å². The van der Waals surface area contributed by atoms with Gasteiger partial charge >= 0.3 is 0 Å². The van der Waals surface area contributed by atoms with E-state index in [1.165, 1.54) is 22.3 Å². The Morgan fingerprint density at radius 2 is 1.00 bits per heavy atom. The van der Waals surface area contributed by atoms with Crippen molar-refractivity contribution in [1.29, 1.82) is 0 Å². The third-order valence-electron chi connectivity index (χ3n) is 3.35. The van der Waals surface area contributed by atoms with Crippen LogP contribution in [-0.4, -0.2) is 23.0 Å². The number of rotatable bonds is 12. The fourth-order valence-corrected chi connectivity index (χ4v) is 4.74. The molecule has 0 saturated carbocycles. The summed E-state index contributed by atoms with van der Waals surface area (Å²) in [5.74, 6) is 4.21. The Bertz CT molecular complexity index is 394. The highest BCUT2D eigenvalue weighted by molar-refractivity contribution is 8.69. The minimum absolute atomic E-state index is 1.05. The molecule has 0 aliphatic carbocycles. The summed E-state index contributed by atoms with van der Waals surface area (Å²) in [6.07, 6.45) is 4.35. The highest BCUT2D eigenvalue weighted by Gasteiger charge is 2.11. The van der Waals surface area contributed by atoms with Crippen LogP contribution in [0.25, 0.3) is 0 Å². The predicted octanol–water partition coefficient (Wildman–Crippen LogP) is 6.17. The van der Waals surface area contributed by atoms with Crippen molar-refractivity contribution < 1.29 is 0 Å². The smallest absolute Gasteiger partial charge is 0.00752 e. The molecule has 0 heterocycles. The molecule has 1 rings (SSSR count). The van der Waals surface area contributed by atoms with Gasteiger partial charge in [-0.25, -0.2) is 0 Å². The normalized spacial score (nSPS) is 11.1. The molecule has 0 spiro atoms. The van der Waals surface area contributed by atoms with Crippen molar-refractivity contribution in [2.45, 2.75) is 25.7 Å². The molecule has 1 aromatic rings. The molecular weight excluding hydrogens is 425 g/mol. The Hall–Kier alpha value is 2.02. The van der Waals surface area contributed by atoms with E-state index in [1.807, 2.05) is 0 Å². The molecule has 126 valence electrons. The van der Waals surface area contributed by atoms with Gasteiger partial charge in [0.15, 0.2) is 0 Å². The zero-order chi connectivity index (χ0) is 16.2. The van der Waals surface area contributed by atoms with Crippen molar-refractivity contribution in [1.82, 2.24) is 0 Å².